The zero-order valence-corrected chi connectivity index (χ0v) is 12.7. The average molecular weight is 269 g/mol. The fourth-order valence-corrected chi connectivity index (χ4v) is 4.59. The third kappa shape index (κ3) is 3.38. The summed E-state index contributed by atoms with van der Waals surface area (Å²) in [7, 11) is -2.85. The van der Waals surface area contributed by atoms with Crippen LogP contribution in [0.3, 0.4) is 0 Å². The van der Waals surface area contributed by atoms with E-state index < -0.39 is 8.80 Å². The Kier molecular flexibility index (Phi) is 6.49. The normalized spacial score (nSPS) is 11.8. The van der Waals surface area contributed by atoms with Gasteiger partial charge in [0.15, 0.2) is 0 Å². The van der Waals surface area contributed by atoms with E-state index in [-0.39, 0.29) is 0 Å². The second-order valence-corrected chi connectivity index (χ2v) is 6.17. The van der Waals surface area contributed by atoms with Gasteiger partial charge < -0.3 is 13.3 Å². The van der Waals surface area contributed by atoms with Crippen molar-refractivity contribution in [3.05, 3.63) is 23.9 Å². The fourth-order valence-electron chi connectivity index (χ4n) is 1.90. The first-order valence-corrected chi connectivity index (χ1v) is 8.32. The zero-order valence-electron chi connectivity index (χ0n) is 11.7. The number of pyridine rings is 1. The average Bonchev–Trinajstić information content (AvgIpc) is 2.39. The number of aromatic nitrogens is 1. The molecule has 0 bridgehead atoms. The monoisotopic (exact) mass is 269 g/mol. The fraction of sp³-hybridized carbons (Fsp3) is 0.615. The summed E-state index contributed by atoms with van der Waals surface area (Å²) < 4.78 is 17.6. The minimum Gasteiger partial charge on any atom is -0.369 e. The van der Waals surface area contributed by atoms with E-state index in [1.807, 2.05) is 26.8 Å². The third-order valence-electron chi connectivity index (χ3n) is 2.57. The lowest BCUT2D eigenvalue weighted by molar-refractivity contribution is 0.0848. The maximum Gasteiger partial charge on any atom is 0.556 e. The van der Waals surface area contributed by atoms with Crippen molar-refractivity contribution in [2.24, 2.45) is 0 Å². The summed E-state index contributed by atoms with van der Waals surface area (Å²) in [4.78, 5) is 4.46. The van der Waals surface area contributed by atoms with Crippen LogP contribution in [-0.2, 0) is 19.7 Å². The SMILES string of the molecule is CCO[Si](OCC)(OCC)c1ncccc1CC. The van der Waals surface area contributed by atoms with E-state index in [1.165, 1.54) is 0 Å². The molecule has 0 saturated heterocycles. The van der Waals surface area contributed by atoms with Crippen LogP contribution in [0.15, 0.2) is 18.3 Å². The van der Waals surface area contributed by atoms with Gasteiger partial charge in [-0.1, -0.05) is 13.0 Å². The number of aryl methyl sites for hydroxylation is 1. The number of nitrogens with zero attached hydrogens (tertiary/aromatic N) is 1. The molecule has 1 heterocycles. The Bertz CT molecular complexity index is 343. The van der Waals surface area contributed by atoms with Crippen LogP contribution < -0.4 is 5.32 Å². The Labute approximate surface area is 111 Å². The van der Waals surface area contributed by atoms with Crippen LogP contribution in [0.25, 0.3) is 0 Å². The molecule has 1 aromatic rings. The minimum absolute atomic E-state index is 0.561. The second-order valence-electron chi connectivity index (χ2n) is 3.72. The zero-order chi connectivity index (χ0) is 13.4. The van der Waals surface area contributed by atoms with Gasteiger partial charge in [0.05, 0.1) is 0 Å². The lowest BCUT2D eigenvalue weighted by atomic mass is 10.2. The molecule has 0 atom stereocenters. The first-order chi connectivity index (χ1) is 8.74. The lowest BCUT2D eigenvalue weighted by Crippen LogP contribution is -2.59. The summed E-state index contributed by atoms with van der Waals surface area (Å²) in [5.41, 5.74) is 1.14. The molecular weight excluding hydrogens is 246 g/mol. The number of hydrogen-bond acceptors (Lipinski definition) is 4. The number of hydrogen-bond donors (Lipinski definition) is 0. The van der Waals surface area contributed by atoms with E-state index in [0.29, 0.717) is 19.8 Å². The largest absolute Gasteiger partial charge is 0.556 e. The van der Waals surface area contributed by atoms with Crippen molar-refractivity contribution in [1.82, 2.24) is 4.98 Å². The van der Waals surface area contributed by atoms with Crippen molar-refractivity contribution in [1.29, 1.82) is 0 Å². The van der Waals surface area contributed by atoms with E-state index in [0.717, 1.165) is 17.3 Å². The lowest BCUT2D eigenvalue weighted by Gasteiger charge is -2.28. The van der Waals surface area contributed by atoms with Gasteiger partial charge in [-0.15, -0.1) is 0 Å². The Morgan fingerprint density at radius 1 is 1.00 bits per heavy atom. The van der Waals surface area contributed by atoms with Crippen molar-refractivity contribution < 1.29 is 13.3 Å². The van der Waals surface area contributed by atoms with Crippen molar-refractivity contribution in [2.45, 2.75) is 34.1 Å². The van der Waals surface area contributed by atoms with Crippen LogP contribution >= 0.6 is 0 Å². The summed E-state index contributed by atoms with van der Waals surface area (Å²) in [6, 6.07) is 3.99. The quantitative estimate of drug-likeness (QED) is 0.676. The van der Waals surface area contributed by atoms with Crippen molar-refractivity contribution >= 4 is 14.1 Å². The summed E-state index contributed by atoms with van der Waals surface area (Å²) in [6.07, 6.45) is 2.67. The van der Waals surface area contributed by atoms with Crippen LogP contribution in [0.4, 0.5) is 0 Å². The van der Waals surface area contributed by atoms with Gasteiger partial charge in [-0.25, -0.2) is 0 Å². The molecule has 4 nitrogen and oxygen atoms in total. The summed E-state index contributed by atoms with van der Waals surface area (Å²) in [5, 5.41) is 0.859. The Balaban J connectivity index is 3.20. The molecule has 0 fully saturated rings. The van der Waals surface area contributed by atoms with Crippen molar-refractivity contribution in [2.75, 3.05) is 19.8 Å². The van der Waals surface area contributed by atoms with E-state index in [2.05, 4.69) is 18.0 Å². The van der Waals surface area contributed by atoms with E-state index in [4.69, 9.17) is 13.3 Å². The Hall–Kier alpha value is -0.753. The molecule has 0 N–H and O–H groups in total. The van der Waals surface area contributed by atoms with Gasteiger partial charge >= 0.3 is 8.80 Å². The Morgan fingerprint density at radius 3 is 2.00 bits per heavy atom. The van der Waals surface area contributed by atoms with E-state index in [1.54, 1.807) is 6.20 Å². The van der Waals surface area contributed by atoms with Gasteiger partial charge in [-0.2, -0.15) is 0 Å². The standard InChI is InChI=1S/C13H23NO3Si/c1-5-12-10-9-11-14-13(12)18(15-6-2,16-7-3)17-8-4/h9-11H,5-8H2,1-4H3. The molecule has 0 saturated carbocycles. The highest BCUT2D eigenvalue weighted by Gasteiger charge is 2.46. The molecule has 5 heteroatoms. The van der Waals surface area contributed by atoms with Gasteiger partial charge in [-0.3, -0.25) is 4.98 Å². The summed E-state index contributed by atoms with van der Waals surface area (Å²) in [5.74, 6) is 0. The maximum atomic E-state index is 5.87. The van der Waals surface area contributed by atoms with Gasteiger partial charge in [0.25, 0.3) is 0 Å². The van der Waals surface area contributed by atoms with Crippen LogP contribution in [0.5, 0.6) is 0 Å². The molecule has 0 aromatic carbocycles. The highest BCUT2D eigenvalue weighted by Crippen LogP contribution is 2.12. The second kappa shape index (κ2) is 7.63. The van der Waals surface area contributed by atoms with Crippen molar-refractivity contribution in [3.8, 4) is 0 Å². The maximum absolute atomic E-state index is 5.87. The minimum atomic E-state index is -2.85. The predicted molar refractivity (Wildman–Crippen MR) is 73.9 cm³/mol. The molecule has 0 amide bonds. The molecule has 1 aromatic heterocycles. The van der Waals surface area contributed by atoms with Crippen LogP contribution in [-0.4, -0.2) is 33.6 Å². The molecule has 0 radical (unpaired) electrons. The van der Waals surface area contributed by atoms with Crippen molar-refractivity contribution in [3.63, 3.8) is 0 Å². The van der Waals surface area contributed by atoms with Gasteiger partial charge in [0.2, 0.25) is 0 Å². The highest BCUT2D eigenvalue weighted by molar-refractivity contribution is 6.75. The van der Waals surface area contributed by atoms with Gasteiger partial charge in [0, 0.05) is 26.0 Å². The Morgan fingerprint density at radius 2 is 1.56 bits per heavy atom. The molecule has 0 aliphatic heterocycles. The molecule has 0 spiro atoms. The van der Waals surface area contributed by atoms with Gasteiger partial charge in [-0.05, 0) is 38.8 Å². The van der Waals surface area contributed by atoms with Crippen LogP contribution in [0.1, 0.15) is 33.3 Å². The third-order valence-corrected chi connectivity index (χ3v) is 5.60. The predicted octanol–water partition coefficient (Wildman–Crippen LogP) is 1.90. The first kappa shape index (κ1) is 15.3. The smallest absolute Gasteiger partial charge is 0.369 e. The van der Waals surface area contributed by atoms with E-state index >= 15 is 0 Å². The molecule has 18 heavy (non-hydrogen) atoms. The molecule has 0 unspecified atom stereocenters. The summed E-state index contributed by atoms with van der Waals surface area (Å²) >= 11 is 0. The molecule has 0 aliphatic rings. The molecule has 0 aliphatic carbocycles. The van der Waals surface area contributed by atoms with E-state index in [9.17, 15) is 0 Å². The molecule has 1 rings (SSSR count). The van der Waals surface area contributed by atoms with Crippen LogP contribution in [0.2, 0.25) is 0 Å². The topological polar surface area (TPSA) is 40.6 Å². The van der Waals surface area contributed by atoms with Gasteiger partial charge in [0.1, 0.15) is 5.32 Å². The first-order valence-electron chi connectivity index (χ1n) is 6.60. The highest BCUT2D eigenvalue weighted by atomic mass is 28.4. The molecule has 102 valence electrons. The summed E-state index contributed by atoms with van der Waals surface area (Å²) in [6.45, 7) is 9.64. The molecular formula is C13H23NO3Si. The number of rotatable bonds is 8. The van der Waals surface area contributed by atoms with Crippen LogP contribution in [0, 0.1) is 0 Å².